The van der Waals surface area contributed by atoms with Gasteiger partial charge < -0.3 is 5.43 Å². The molecule has 2 aromatic rings. The first-order valence-corrected chi connectivity index (χ1v) is 7.27. The van der Waals surface area contributed by atoms with Crippen LogP contribution in [-0.4, -0.2) is 13.4 Å². The minimum atomic E-state index is -3.85. The smallest absolute Gasteiger partial charge is 0.242 e. The molecule has 4 N–H and O–H groups in total. The van der Waals surface area contributed by atoms with Gasteiger partial charge in [0.2, 0.25) is 10.0 Å². The van der Waals surface area contributed by atoms with Crippen LogP contribution in [0.15, 0.2) is 41.4 Å². The molecule has 0 aliphatic heterocycles. The van der Waals surface area contributed by atoms with Crippen molar-refractivity contribution in [1.82, 2.24) is 9.71 Å². The van der Waals surface area contributed by atoms with Crippen LogP contribution in [0.2, 0.25) is 0 Å². The van der Waals surface area contributed by atoms with Gasteiger partial charge in [0.05, 0.1) is 0 Å². The lowest BCUT2D eigenvalue weighted by molar-refractivity contribution is 0.562. The highest BCUT2D eigenvalue weighted by molar-refractivity contribution is 7.89. The van der Waals surface area contributed by atoms with Gasteiger partial charge in [-0.1, -0.05) is 6.07 Å². The summed E-state index contributed by atoms with van der Waals surface area (Å²) in [4.78, 5) is 3.68. The number of nitrogens with two attached hydrogens (primary N) is 1. The van der Waals surface area contributed by atoms with E-state index in [0.29, 0.717) is 11.9 Å². The van der Waals surface area contributed by atoms with Crippen molar-refractivity contribution in [3.8, 4) is 0 Å². The summed E-state index contributed by atoms with van der Waals surface area (Å²) in [6.45, 7) is -0.300. The van der Waals surface area contributed by atoms with E-state index in [1.54, 1.807) is 0 Å². The molecule has 21 heavy (non-hydrogen) atoms. The Kier molecular flexibility index (Phi) is 4.46. The fraction of sp³-hybridized carbons (Fsp3) is 0.0833. The Morgan fingerprint density at radius 3 is 2.52 bits per heavy atom. The Morgan fingerprint density at radius 1 is 1.19 bits per heavy atom. The number of pyridine rings is 1. The Morgan fingerprint density at radius 2 is 1.95 bits per heavy atom. The van der Waals surface area contributed by atoms with Gasteiger partial charge in [-0.25, -0.2) is 32.7 Å². The van der Waals surface area contributed by atoms with Crippen LogP contribution in [0.25, 0.3) is 0 Å². The minimum absolute atomic E-state index is 0.0354. The molecule has 0 atom stereocenters. The molecule has 1 heterocycles. The Balaban J connectivity index is 2.13. The molecule has 0 aliphatic rings. The van der Waals surface area contributed by atoms with E-state index in [0.717, 1.165) is 12.3 Å². The van der Waals surface area contributed by atoms with Crippen LogP contribution in [0.4, 0.5) is 14.6 Å². The van der Waals surface area contributed by atoms with Crippen molar-refractivity contribution in [2.75, 3.05) is 5.43 Å². The van der Waals surface area contributed by atoms with Crippen molar-refractivity contribution in [1.29, 1.82) is 0 Å². The van der Waals surface area contributed by atoms with Crippen molar-refractivity contribution in [2.45, 2.75) is 11.4 Å². The van der Waals surface area contributed by atoms with E-state index in [4.69, 9.17) is 5.84 Å². The molecule has 1 aromatic heterocycles. The molecule has 0 saturated heterocycles. The Hall–Kier alpha value is -2.10. The van der Waals surface area contributed by atoms with Gasteiger partial charge in [-0.15, -0.1) is 0 Å². The Labute approximate surface area is 120 Å². The number of nitrogens with one attached hydrogen (secondary N) is 2. The van der Waals surface area contributed by atoms with Crippen LogP contribution in [0, 0.1) is 11.6 Å². The van der Waals surface area contributed by atoms with Crippen LogP contribution >= 0.6 is 0 Å². The summed E-state index contributed by atoms with van der Waals surface area (Å²) in [7, 11) is -3.85. The number of nitrogens with zero attached hydrogens (tertiary/aromatic N) is 1. The van der Waals surface area contributed by atoms with Crippen LogP contribution in [0.5, 0.6) is 0 Å². The SMILES string of the molecule is NNc1ccc(S(=O)(=O)NCc2ccc(F)cc2F)cn1. The highest BCUT2D eigenvalue weighted by Crippen LogP contribution is 2.13. The molecule has 9 heteroatoms. The minimum Gasteiger partial charge on any atom is -0.308 e. The van der Waals surface area contributed by atoms with Crippen LogP contribution in [0.3, 0.4) is 0 Å². The first-order chi connectivity index (χ1) is 9.92. The Bertz CT molecular complexity index is 735. The third-order valence-electron chi connectivity index (χ3n) is 2.66. The third-order valence-corrected chi connectivity index (χ3v) is 4.05. The molecule has 0 radical (unpaired) electrons. The highest BCUT2D eigenvalue weighted by Gasteiger charge is 2.15. The molecular weight excluding hydrogens is 302 g/mol. The summed E-state index contributed by atoms with van der Waals surface area (Å²) in [6, 6.07) is 5.59. The van der Waals surface area contributed by atoms with Crippen LogP contribution < -0.4 is 16.0 Å². The summed E-state index contributed by atoms with van der Waals surface area (Å²) >= 11 is 0. The lowest BCUT2D eigenvalue weighted by atomic mass is 10.2. The zero-order valence-electron chi connectivity index (χ0n) is 10.7. The fourth-order valence-corrected chi connectivity index (χ4v) is 2.50. The van der Waals surface area contributed by atoms with Crippen molar-refractivity contribution in [2.24, 2.45) is 5.84 Å². The van der Waals surface area contributed by atoms with Gasteiger partial charge in [-0.3, -0.25) is 0 Å². The van der Waals surface area contributed by atoms with Crippen LogP contribution in [-0.2, 0) is 16.6 Å². The zero-order valence-corrected chi connectivity index (χ0v) is 11.5. The van der Waals surface area contributed by atoms with E-state index in [2.05, 4.69) is 15.1 Å². The fourth-order valence-electron chi connectivity index (χ4n) is 1.55. The van der Waals surface area contributed by atoms with Gasteiger partial charge in [0, 0.05) is 24.4 Å². The highest BCUT2D eigenvalue weighted by atomic mass is 32.2. The molecule has 112 valence electrons. The molecular formula is C12H12F2N4O2S. The van der Waals surface area contributed by atoms with Gasteiger partial charge in [-0.05, 0) is 18.2 Å². The van der Waals surface area contributed by atoms with Gasteiger partial charge in [-0.2, -0.15) is 0 Å². The number of halogens is 2. The molecule has 0 fully saturated rings. The normalized spacial score (nSPS) is 11.4. The second-order valence-corrected chi connectivity index (χ2v) is 5.85. The van der Waals surface area contributed by atoms with Gasteiger partial charge in [0.25, 0.3) is 0 Å². The quantitative estimate of drug-likeness (QED) is 0.568. The van der Waals surface area contributed by atoms with E-state index in [-0.39, 0.29) is 17.0 Å². The number of sulfonamides is 1. The number of hydrazine groups is 1. The van der Waals surface area contributed by atoms with Gasteiger partial charge in [0.1, 0.15) is 22.3 Å². The number of rotatable bonds is 5. The molecule has 6 nitrogen and oxygen atoms in total. The molecule has 0 amide bonds. The summed E-state index contributed by atoms with van der Waals surface area (Å²) in [5.41, 5.74) is 2.30. The van der Waals surface area contributed by atoms with Gasteiger partial charge >= 0.3 is 0 Å². The standard InChI is InChI=1S/C12H12F2N4O2S/c13-9-2-1-8(11(14)5-9)6-17-21(19,20)10-3-4-12(18-15)16-7-10/h1-5,7,17H,6,15H2,(H,16,18). The molecule has 0 unspecified atom stereocenters. The molecule has 0 spiro atoms. The van der Waals surface area contributed by atoms with Crippen molar-refractivity contribution < 1.29 is 17.2 Å². The van der Waals surface area contributed by atoms with Gasteiger partial charge in [0.15, 0.2) is 0 Å². The van der Waals surface area contributed by atoms with Crippen molar-refractivity contribution in [3.63, 3.8) is 0 Å². The number of nitrogen functional groups attached to an aromatic ring is 1. The number of hydrogen-bond donors (Lipinski definition) is 3. The van der Waals surface area contributed by atoms with Crippen molar-refractivity contribution in [3.05, 3.63) is 53.7 Å². The zero-order chi connectivity index (χ0) is 15.5. The maximum Gasteiger partial charge on any atom is 0.242 e. The largest absolute Gasteiger partial charge is 0.308 e. The summed E-state index contributed by atoms with van der Waals surface area (Å²) in [5.74, 6) is 3.88. The average Bonchev–Trinajstić information content (AvgIpc) is 2.46. The van der Waals surface area contributed by atoms with E-state index >= 15 is 0 Å². The maximum absolute atomic E-state index is 13.4. The van der Waals surface area contributed by atoms with Crippen LogP contribution in [0.1, 0.15) is 5.56 Å². The first kappa shape index (κ1) is 15.3. The first-order valence-electron chi connectivity index (χ1n) is 5.78. The molecule has 0 bridgehead atoms. The molecule has 0 aliphatic carbocycles. The monoisotopic (exact) mass is 314 g/mol. The summed E-state index contributed by atoms with van der Waals surface area (Å²) in [6.07, 6.45) is 1.11. The molecule has 1 aromatic carbocycles. The topological polar surface area (TPSA) is 97.1 Å². The number of benzene rings is 1. The van der Waals surface area contributed by atoms with E-state index in [1.807, 2.05) is 0 Å². The third kappa shape index (κ3) is 3.72. The summed E-state index contributed by atoms with van der Waals surface area (Å²) < 4.78 is 52.3. The lowest BCUT2D eigenvalue weighted by Crippen LogP contribution is -2.24. The van der Waals surface area contributed by atoms with Crippen molar-refractivity contribution >= 4 is 15.8 Å². The van der Waals surface area contributed by atoms with E-state index in [9.17, 15) is 17.2 Å². The number of anilines is 1. The molecule has 2 rings (SSSR count). The predicted molar refractivity (Wildman–Crippen MR) is 72.4 cm³/mol. The molecule has 0 saturated carbocycles. The maximum atomic E-state index is 13.4. The second-order valence-electron chi connectivity index (χ2n) is 4.08. The second kappa shape index (κ2) is 6.12. The van der Waals surface area contributed by atoms with E-state index in [1.165, 1.54) is 18.2 Å². The number of hydrogen-bond acceptors (Lipinski definition) is 5. The predicted octanol–water partition coefficient (Wildman–Crippen LogP) is 1.12. The average molecular weight is 314 g/mol. The van der Waals surface area contributed by atoms with E-state index < -0.39 is 21.7 Å². The summed E-state index contributed by atoms with van der Waals surface area (Å²) in [5, 5.41) is 0. The number of aromatic nitrogens is 1. The lowest BCUT2D eigenvalue weighted by Gasteiger charge is -2.08.